The molecule has 15 heteroatoms. The normalized spacial score (nSPS) is 10.9. The Balaban J connectivity index is 0.000000402. The van der Waals surface area contributed by atoms with Crippen LogP contribution in [0, 0.1) is 13.8 Å². The van der Waals surface area contributed by atoms with Crippen LogP contribution in [0.1, 0.15) is 50.2 Å². The molecule has 0 aliphatic heterocycles. The maximum atomic E-state index is 12.6. The van der Waals surface area contributed by atoms with Crippen LogP contribution in [0.3, 0.4) is 0 Å². The Labute approximate surface area is 239 Å². The molecule has 2 rings (SSSR count). The summed E-state index contributed by atoms with van der Waals surface area (Å²) in [6.45, 7) is 10.4. The standard InChI is InChI=1S/C13H20BN3O2.C12H18BN3O4S/c1-8-10(13(2,3)12(19)15-4)11(18)9(16-7-14)6-17(8)5;1-7-9(12(2,3)11(18)14-4)10(17)8(6-16(7)5)15-20-13-21-19/h6,16H,7H2,1-5H3,(H,15,19);6,15H,1-5H3,(H,14,18). The first-order valence-corrected chi connectivity index (χ1v) is 13.2. The fraction of sp³-hybridized carbons (Fsp3) is 0.520. The van der Waals surface area contributed by atoms with Gasteiger partial charge in [0.1, 0.15) is 0 Å². The second kappa shape index (κ2) is 14.3. The van der Waals surface area contributed by atoms with Gasteiger partial charge in [-0.3, -0.25) is 9.59 Å². The average Bonchev–Trinajstić information content (AvgIpc) is 2.89. The maximum absolute atomic E-state index is 12.6. The van der Waals surface area contributed by atoms with Gasteiger partial charge < -0.3 is 15.2 Å². The van der Waals surface area contributed by atoms with Crippen LogP contribution < -0.4 is 32.3 Å². The Morgan fingerprint density at radius 2 is 1.30 bits per heavy atom. The molecular weight excluding hydrogens is 534 g/mol. The fourth-order valence-corrected chi connectivity index (χ4v) is 4.48. The number of aryl methyl sites for hydroxylation is 2. The van der Waals surface area contributed by atoms with E-state index in [1.807, 2.05) is 18.5 Å². The minimum absolute atomic E-state index is 0.120. The molecule has 0 spiro atoms. The summed E-state index contributed by atoms with van der Waals surface area (Å²) < 4.78 is 18.5. The van der Waals surface area contributed by atoms with Gasteiger partial charge in [0.05, 0.1) is 18.9 Å². The number of rotatable bonds is 9. The summed E-state index contributed by atoms with van der Waals surface area (Å²) in [6.07, 6.45) is 4.32. The van der Waals surface area contributed by atoms with Gasteiger partial charge in [0, 0.05) is 31.5 Å². The molecule has 216 valence electrons. The summed E-state index contributed by atoms with van der Waals surface area (Å²) in [7, 11) is 12.1. The molecule has 0 saturated carbocycles. The number of pyridine rings is 2. The number of nitrogens with zero attached hydrogens (tertiary/aromatic N) is 2. The van der Waals surface area contributed by atoms with Crippen molar-refractivity contribution < 1.29 is 18.6 Å². The van der Waals surface area contributed by atoms with Crippen LogP contribution in [0.15, 0.2) is 22.0 Å². The zero-order valence-corrected chi connectivity index (χ0v) is 25.6. The number of amides is 2. The number of aromatic nitrogens is 2. The zero-order valence-electron chi connectivity index (χ0n) is 24.8. The SMILES string of the molecule is CNC(=O)C(C)(C)c1c(C)n(C)cc(NOB=S=O)c1=O.[B]CNc1cn(C)c(C)c(C(C)(C)C(=O)NC)c1=O. The van der Waals surface area contributed by atoms with Crippen molar-refractivity contribution in [1.29, 1.82) is 0 Å². The van der Waals surface area contributed by atoms with Crippen molar-refractivity contribution in [3.63, 3.8) is 0 Å². The van der Waals surface area contributed by atoms with E-state index in [0.717, 1.165) is 12.1 Å². The number of carbonyl (C=O) groups is 2. The third-order valence-electron chi connectivity index (χ3n) is 6.76. The third kappa shape index (κ3) is 7.39. The van der Waals surface area contributed by atoms with Gasteiger partial charge >= 0.3 is 126 Å². The second-order valence-electron chi connectivity index (χ2n) is 10.1. The molecule has 2 aromatic heterocycles. The van der Waals surface area contributed by atoms with Crippen LogP contribution in [0.25, 0.3) is 0 Å². The monoisotopic (exact) mass is 572 g/mol. The topological polar surface area (TPSA) is 153 Å². The van der Waals surface area contributed by atoms with Crippen molar-refractivity contribution in [2.45, 2.75) is 52.4 Å². The van der Waals surface area contributed by atoms with Crippen LogP contribution >= 0.6 is 0 Å². The van der Waals surface area contributed by atoms with E-state index in [1.165, 1.54) is 7.05 Å². The molecule has 0 saturated heterocycles. The molecule has 4 N–H and O–H groups in total. The van der Waals surface area contributed by atoms with E-state index in [-0.39, 0.29) is 45.9 Å². The third-order valence-corrected chi connectivity index (χ3v) is 6.93. The minimum atomic E-state index is -0.998. The molecule has 0 fully saturated rings. The Hall–Kier alpha value is -3.45. The van der Waals surface area contributed by atoms with Crippen LogP contribution in [0.4, 0.5) is 11.4 Å². The van der Waals surface area contributed by atoms with Crippen molar-refractivity contribution in [3.8, 4) is 0 Å². The van der Waals surface area contributed by atoms with Gasteiger partial charge in [-0.05, 0) is 27.2 Å². The Kier molecular flexibility index (Phi) is 12.3. The van der Waals surface area contributed by atoms with Gasteiger partial charge in [0.2, 0.25) is 11.3 Å². The predicted octanol–water partition coefficient (Wildman–Crippen LogP) is 0.0632. The van der Waals surface area contributed by atoms with Gasteiger partial charge in [-0.25, -0.2) is 0 Å². The van der Waals surface area contributed by atoms with Crippen molar-refractivity contribution >= 4 is 48.5 Å². The van der Waals surface area contributed by atoms with E-state index in [1.54, 1.807) is 65.7 Å². The van der Waals surface area contributed by atoms with E-state index in [2.05, 4.69) is 21.4 Å². The molecule has 0 unspecified atom stereocenters. The first-order valence-electron chi connectivity index (χ1n) is 12.4. The summed E-state index contributed by atoms with van der Waals surface area (Å²) in [4.78, 5) is 49.1. The molecule has 2 amide bonds. The quantitative estimate of drug-likeness (QED) is 0.243. The molecule has 12 nitrogen and oxygen atoms in total. The van der Waals surface area contributed by atoms with E-state index in [0.29, 0.717) is 22.5 Å². The second-order valence-corrected chi connectivity index (χ2v) is 10.5. The van der Waals surface area contributed by atoms with Crippen molar-refractivity contribution in [2.75, 3.05) is 31.3 Å². The summed E-state index contributed by atoms with van der Waals surface area (Å²) in [6, 6.07) is 0. The van der Waals surface area contributed by atoms with Gasteiger partial charge in [0.15, 0.2) is 0 Å². The van der Waals surface area contributed by atoms with Crippen molar-refractivity contribution in [2.24, 2.45) is 14.1 Å². The number of hydrogen-bond acceptors (Lipinski definition) is 8. The smallest absolute Gasteiger partial charge is 0.230 e. The summed E-state index contributed by atoms with van der Waals surface area (Å²) >= 11 is 0.120. The number of carbonyl (C=O) groups excluding carboxylic acids is 2. The van der Waals surface area contributed by atoms with Crippen LogP contribution in [0.5, 0.6) is 0 Å². The number of anilines is 2. The molecule has 0 aliphatic rings. The molecule has 2 heterocycles. The van der Waals surface area contributed by atoms with Gasteiger partial charge in [-0.15, -0.1) is 0 Å². The van der Waals surface area contributed by atoms with Gasteiger partial charge in [0.25, 0.3) is 0 Å². The first-order chi connectivity index (χ1) is 18.5. The molecule has 2 aromatic rings. The molecule has 0 aliphatic carbocycles. The molecule has 40 heavy (non-hydrogen) atoms. The zero-order chi connectivity index (χ0) is 31.0. The molecule has 0 atom stereocenters. The van der Waals surface area contributed by atoms with Crippen LogP contribution in [-0.4, -0.2) is 59.9 Å². The maximum Gasteiger partial charge on any atom is 0.230 e. The van der Waals surface area contributed by atoms with E-state index >= 15 is 0 Å². The summed E-state index contributed by atoms with van der Waals surface area (Å²) in [5.41, 5.74) is 2.83. The van der Waals surface area contributed by atoms with E-state index < -0.39 is 10.8 Å². The van der Waals surface area contributed by atoms with Gasteiger partial charge in [-0.2, -0.15) is 0 Å². The molecule has 2 radical (unpaired) electrons. The number of nitrogens with one attached hydrogen (secondary N) is 4. The van der Waals surface area contributed by atoms with Crippen LogP contribution in [0.2, 0.25) is 0 Å². The van der Waals surface area contributed by atoms with Crippen LogP contribution in [-0.2, 0) is 50.4 Å². The Bertz CT molecular complexity index is 1430. The van der Waals surface area contributed by atoms with Crippen molar-refractivity contribution in [3.05, 3.63) is 55.4 Å². The Morgan fingerprint density at radius 3 is 1.68 bits per heavy atom. The number of likely N-dealkylation sites (N-methyl/N-ethyl adjacent to an activating group) is 2. The fourth-order valence-electron chi connectivity index (χ4n) is 4.39. The number of hydrogen-bond donors (Lipinski definition) is 4. The van der Waals surface area contributed by atoms with E-state index in [4.69, 9.17) is 12.6 Å². The molecule has 0 aromatic carbocycles. The first kappa shape index (κ1) is 34.6. The largest absolute Gasteiger partial charge is 0.390 e. The molecular formula is C25H38B2N6O6S. The Morgan fingerprint density at radius 1 is 0.900 bits per heavy atom. The van der Waals surface area contributed by atoms with E-state index in [9.17, 15) is 23.4 Å². The predicted molar refractivity (Wildman–Crippen MR) is 160 cm³/mol. The minimum Gasteiger partial charge on any atom is -0.390 e. The van der Waals surface area contributed by atoms with Crippen molar-refractivity contribution in [1.82, 2.24) is 19.8 Å². The van der Waals surface area contributed by atoms with Gasteiger partial charge in [-0.1, -0.05) is 0 Å². The summed E-state index contributed by atoms with van der Waals surface area (Å²) in [5, 5.41) is 7.98. The average molecular weight is 572 g/mol. The summed E-state index contributed by atoms with van der Waals surface area (Å²) in [5.74, 6) is -0.458. The molecule has 0 bridgehead atoms.